The minimum atomic E-state index is -3.32. The largest absolute Gasteiger partial charge is 0.478 e. The lowest BCUT2D eigenvalue weighted by molar-refractivity contribution is -0.130. The quantitative estimate of drug-likeness (QED) is 0.641. The van der Waals surface area contributed by atoms with Crippen LogP contribution in [-0.4, -0.2) is 23.9 Å². The fourth-order valence-electron chi connectivity index (χ4n) is 1.05. The van der Waals surface area contributed by atoms with Crippen LogP contribution >= 0.6 is 0 Å². The number of benzene rings is 1. The molecule has 1 aromatic rings. The zero-order valence-corrected chi connectivity index (χ0v) is 8.52. The summed E-state index contributed by atoms with van der Waals surface area (Å²) in [6.07, 6.45) is -5.68. The lowest BCUT2D eigenvalue weighted by atomic mass is 10.1. The minimum absolute atomic E-state index is 0.237. The summed E-state index contributed by atoms with van der Waals surface area (Å²) in [5.74, 6) is -1.39. The van der Waals surface area contributed by atoms with E-state index < -0.39 is 24.3 Å². The van der Waals surface area contributed by atoms with E-state index >= 15 is 0 Å². The summed E-state index contributed by atoms with van der Waals surface area (Å²) in [6.45, 7) is 0. The molecular weight excluding hydrogens is 237 g/mol. The maximum absolute atomic E-state index is 12.5. The number of carboxylic acid groups (broad SMARTS) is 1. The standard InChI is InChI=1S/C11H9F3O3/c12-9(13)10(14)17-6-8(11(15)16)7-4-2-1-3-5-7/h1-6,9-10H,(H,15,16). The van der Waals surface area contributed by atoms with Crippen LogP contribution in [0.5, 0.6) is 0 Å². The highest BCUT2D eigenvalue weighted by Crippen LogP contribution is 2.16. The zero-order valence-electron chi connectivity index (χ0n) is 8.52. The molecule has 1 N–H and O–H groups in total. The van der Waals surface area contributed by atoms with E-state index in [-0.39, 0.29) is 5.56 Å². The average molecular weight is 246 g/mol. The highest BCUT2D eigenvalue weighted by atomic mass is 19.3. The molecule has 17 heavy (non-hydrogen) atoms. The first-order valence-electron chi connectivity index (χ1n) is 4.59. The first-order valence-corrected chi connectivity index (χ1v) is 4.59. The van der Waals surface area contributed by atoms with Gasteiger partial charge < -0.3 is 9.84 Å². The number of rotatable bonds is 5. The van der Waals surface area contributed by atoms with Gasteiger partial charge in [0.15, 0.2) is 0 Å². The fraction of sp³-hybridized carbons (Fsp3) is 0.182. The molecule has 0 spiro atoms. The van der Waals surface area contributed by atoms with Crippen molar-refractivity contribution in [2.45, 2.75) is 12.8 Å². The van der Waals surface area contributed by atoms with Gasteiger partial charge in [-0.3, -0.25) is 0 Å². The maximum Gasteiger partial charge on any atom is 0.339 e. The van der Waals surface area contributed by atoms with Crippen LogP contribution in [-0.2, 0) is 9.53 Å². The van der Waals surface area contributed by atoms with Crippen LogP contribution in [0.2, 0.25) is 0 Å². The van der Waals surface area contributed by atoms with Crippen LogP contribution in [0.25, 0.3) is 5.57 Å². The Balaban J connectivity index is 2.88. The van der Waals surface area contributed by atoms with Crippen LogP contribution in [0.4, 0.5) is 13.2 Å². The Hall–Kier alpha value is -1.98. The third kappa shape index (κ3) is 3.82. The van der Waals surface area contributed by atoms with E-state index in [9.17, 15) is 18.0 Å². The molecule has 1 aromatic carbocycles. The van der Waals surface area contributed by atoms with Crippen molar-refractivity contribution in [3.63, 3.8) is 0 Å². The Kier molecular flexibility index (Phi) is 4.56. The molecule has 0 saturated heterocycles. The van der Waals surface area contributed by atoms with Gasteiger partial charge in [-0.25, -0.2) is 13.6 Å². The number of alkyl halides is 3. The van der Waals surface area contributed by atoms with Crippen LogP contribution in [0.1, 0.15) is 5.56 Å². The molecule has 0 aromatic heterocycles. The number of hydrogen-bond donors (Lipinski definition) is 1. The molecular formula is C11H9F3O3. The van der Waals surface area contributed by atoms with Gasteiger partial charge in [-0.05, 0) is 5.56 Å². The van der Waals surface area contributed by atoms with Crippen LogP contribution in [0.15, 0.2) is 36.6 Å². The first kappa shape index (κ1) is 13.1. The number of carboxylic acids is 1. The van der Waals surface area contributed by atoms with Gasteiger partial charge in [-0.15, -0.1) is 0 Å². The van der Waals surface area contributed by atoms with E-state index in [4.69, 9.17) is 5.11 Å². The van der Waals surface area contributed by atoms with Gasteiger partial charge in [-0.2, -0.15) is 4.39 Å². The van der Waals surface area contributed by atoms with Crippen LogP contribution < -0.4 is 0 Å². The Morgan fingerprint density at radius 2 is 1.82 bits per heavy atom. The number of ether oxygens (including phenoxy) is 1. The number of aliphatic carboxylic acids is 1. The molecule has 0 saturated carbocycles. The molecule has 92 valence electrons. The highest BCUT2D eigenvalue weighted by Gasteiger charge is 2.20. The molecule has 0 radical (unpaired) electrons. The van der Waals surface area contributed by atoms with Crippen molar-refractivity contribution in [3.05, 3.63) is 42.2 Å². The molecule has 3 nitrogen and oxygen atoms in total. The summed E-state index contributed by atoms with van der Waals surface area (Å²) < 4.78 is 40.1. The molecule has 0 aliphatic carbocycles. The average Bonchev–Trinajstić information content (AvgIpc) is 2.29. The predicted octanol–water partition coefficient (Wildman–Crippen LogP) is 2.69. The molecule has 0 amide bonds. The van der Waals surface area contributed by atoms with Gasteiger partial charge in [0.2, 0.25) is 0 Å². The van der Waals surface area contributed by atoms with E-state index in [0.717, 1.165) is 0 Å². The third-order valence-corrected chi connectivity index (χ3v) is 1.83. The summed E-state index contributed by atoms with van der Waals surface area (Å²) in [7, 11) is 0. The zero-order chi connectivity index (χ0) is 12.8. The number of hydrogen-bond acceptors (Lipinski definition) is 2. The number of carbonyl (C=O) groups is 1. The summed E-state index contributed by atoms with van der Waals surface area (Å²) >= 11 is 0. The molecule has 0 aliphatic heterocycles. The van der Waals surface area contributed by atoms with Gasteiger partial charge in [0.05, 0.1) is 0 Å². The minimum Gasteiger partial charge on any atom is -0.478 e. The highest BCUT2D eigenvalue weighted by molar-refractivity contribution is 6.14. The summed E-state index contributed by atoms with van der Waals surface area (Å²) in [4.78, 5) is 10.8. The van der Waals surface area contributed by atoms with E-state index in [1.807, 2.05) is 0 Å². The molecule has 6 heteroatoms. The second kappa shape index (κ2) is 5.93. The second-order valence-corrected chi connectivity index (χ2v) is 3.02. The van der Waals surface area contributed by atoms with Crippen molar-refractivity contribution in [3.8, 4) is 0 Å². The van der Waals surface area contributed by atoms with Gasteiger partial charge in [0.1, 0.15) is 11.8 Å². The molecule has 1 rings (SSSR count). The Bertz CT molecular complexity index is 404. The monoisotopic (exact) mass is 246 g/mol. The predicted molar refractivity (Wildman–Crippen MR) is 54.0 cm³/mol. The summed E-state index contributed by atoms with van der Waals surface area (Å²) in [6, 6.07) is 7.66. The van der Waals surface area contributed by atoms with E-state index in [1.165, 1.54) is 12.1 Å². The van der Waals surface area contributed by atoms with Crippen LogP contribution in [0.3, 0.4) is 0 Å². The van der Waals surface area contributed by atoms with Crippen molar-refractivity contribution in [1.29, 1.82) is 0 Å². The normalized spacial score (nSPS) is 13.5. The molecule has 0 heterocycles. The van der Waals surface area contributed by atoms with Gasteiger partial charge >= 0.3 is 12.4 Å². The van der Waals surface area contributed by atoms with E-state index in [0.29, 0.717) is 6.26 Å². The van der Waals surface area contributed by atoms with Crippen molar-refractivity contribution < 1.29 is 27.8 Å². The van der Waals surface area contributed by atoms with E-state index in [1.54, 1.807) is 18.2 Å². The van der Waals surface area contributed by atoms with E-state index in [2.05, 4.69) is 4.74 Å². The van der Waals surface area contributed by atoms with Crippen molar-refractivity contribution in [2.75, 3.05) is 0 Å². The lowest BCUT2D eigenvalue weighted by Gasteiger charge is -2.08. The lowest BCUT2D eigenvalue weighted by Crippen LogP contribution is -2.14. The van der Waals surface area contributed by atoms with Crippen LogP contribution in [0, 0.1) is 0 Å². The van der Waals surface area contributed by atoms with Crippen molar-refractivity contribution in [1.82, 2.24) is 0 Å². The summed E-state index contributed by atoms with van der Waals surface area (Å²) in [5.41, 5.74) is -0.157. The molecule has 0 aliphatic rings. The Morgan fingerprint density at radius 3 is 2.29 bits per heavy atom. The molecule has 1 unspecified atom stereocenters. The summed E-state index contributed by atoms with van der Waals surface area (Å²) in [5, 5.41) is 8.82. The Labute approximate surface area is 95.1 Å². The Morgan fingerprint density at radius 1 is 1.24 bits per heavy atom. The SMILES string of the molecule is O=C(O)C(=COC(F)C(F)F)c1ccccc1. The molecule has 0 fully saturated rings. The topological polar surface area (TPSA) is 46.5 Å². The van der Waals surface area contributed by atoms with Gasteiger partial charge in [0, 0.05) is 0 Å². The smallest absolute Gasteiger partial charge is 0.339 e. The third-order valence-electron chi connectivity index (χ3n) is 1.83. The van der Waals surface area contributed by atoms with Crippen molar-refractivity contribution >= 4 is 11.5 Å². The maximum atomic E-state index is 12.5. The number of halogens is 3. The van der Waals surface area contributed by atoms with Crippen molar-refractivity contribution in [2.24, 2.45) is 0 Å². The van der Waals surface area contributed by atoms with Gasteiger partial charge in [-0.1, -0.05) is 30.3 Å². The fourth-order valence-corrected chi connectivity index (χ4v) is 1.05. The second-order valence-electron chi connectivity index (χ2n) is 3.02. The molecule has 0 bridgehead atoms. The molecule has 1 atom stereocenters. The van der Waals surface area contributed by atoms with Gasteiger partial charge in [0.25, 0.3) is 6.36 Å². The first-order chi connectivity index (χ1) is 8.02.